The summed E-state index contributed by atoms with van der Waals surface area (Å²) in [4.78, 5) is 23.8. The zero-order valence-corrected chi connectivity index (χ0v) is 13.5. The van der Waals surface area contributed by atoms with Gasteiger partial charge in [0.15, 0.2) is 0 Å². The summed E-state index contributed by atoms with van der Waals surface area (Å²) in [7, 11) is 0. The highest BCUT2D eigenvalue weighted by Gasteiger charge is 2.12. The predicted octanol–water partition coefficient (Wildman–Crippen LogP) is 4.42. The molecule has 2 aromatic rings. The summed E-state index contributed by atoms with van der Waals surface area (Å²) >= 11 is 13.0. The highest BCUT2D eigenvalue weighted by atomic mass is 35.5. The van der Waals surface area contributed by atoms with Gasteiger partial charge in [0.2, 0.25) is 5.91 Å². The van der Waals surface area contributed by atoms with Crippen molar-refractivity contribution in [2.45, 2.75) is 4.90 Å². The lowest BCUT2D eigenvalue weighted by molar-refractivity contribution is -0.113. The summed E-state index contributed by atoms with van der Waals surface area (Å²) in [5, 5.41) is 12.5. The van der Waals surface area contributed by atoms with Crippen LogP contribution in [-0.4, -0.2) is 22.7 Å². The van der Waals surface area contributed by atoms with E-state index in [-0.39, 0.29) is 22.9 Å². The normalized spacial score (nSPS) is 10.3. The van der Waals surface area contributed by atoms with E-state index in [1.165, 1.54) is 17.8 Å². The summed E-state index contributed by atoms with van der Waals surface area (Å²) in [6.45, 7) is 0. The van der Waals surface area contributed by atoms with Crippen molar-refractivity contribution in [3.05, 3.63) is 58.1 Å². The molecule has 0 aliphatic carbocycles. The zero-order chi connectivity index (χ0) is 16.1. The van der Waals surface area contributed by atoms with Crippen molar-refractivity contribution >= 4 is 52.5 Å². The van der Waals surface area contributed by atoms with Gasteiger partial charge in [0, 0.05) is 4.90 Å². The summed E-state index contributed by atoms with van der Waals surface area (Å²) in [6, 6.07) is 11.3. The highest BCUT2D eigenvalue weighted by molar-refractivity contribution is 8.00. The first-order valence-electron chi connectivity index (χ1n) is 6.17. The molecule has 0 heterocycles. The van der Waals surface area contributed by atoms with E-state index in [1.54, 1.807) is 36.4 Å². The third-order valence-electron chi connectivity index (χ3n) is 2.69. The molecule has 2 aromatic carbocycles. The first-order valence-corrected chi connectivity index (χ1v) is 7.91. The van der Waals surface area contributed by atoms with E-state index in [9.17, 15) is 9.59 Å². The lowest BCUT2D eigenvalue weighted by Crippen LogP contribution is -2.16. The first kappa shape index (κ1) is 16.7. The van der Waals surface area contributed by atoms with Gasteiger partial charge in [-0.25, -0.2) is 4.79 Å². The van der Waals surface area contributed by atoms with Crippen molar-refractivity contribution in [3.63, 3.8) is 0 Å². The van der Waals surface area contributed by atoms with Crippen molar-refractivity contribution in [1.29, 1.82) is 0 Å². The van der Waals surface area contributed by atoms with E-state index in [0.29, 0.717) is 10.0 Å². The Morgan fingerprint density at radius 3 is 2.50 bits per heavy atom. The fourth-order valence-corrected chi connectivity index (χ4v) is 2.78. The number of carboxylic acid groups (broad SMARTS) is 1. The number of carbonyl (C=O) groups is 2. The zero-order valence-electron chi connectivity index (χ0n) is 11.2. The maximum atomic E-state index is 11.9. The first-order chi connectivity index (χ1) is 10.5. The molecule has 0 aromatic heterocycles. The van der Waals surface area contributed by atoms with Crippen LogP contribution in [0.15, 0.2) is 47.4 Å². The van der Waals surface area contributed by atoms with Crippen molar-refractivity contribution < 1.29 is 14.7 Å². The Bertz CT molecular complexity index is 722. The number of halogens is 2. The number of carboxylic acids is 1. The van der Waals surface area contributed by atoms with Crippen LogP contribution in [0, 0.1) is 0 Å². The molecular weight excluding hydrogens is 345 g/mol. The molecule has 7 heteroatoms. The average molecular weight is 356 g/mol. The van der Waals surface area contributed by atoms with Crippen LogP contribution in [0.2, 0.25) is 10.0 Å². The molecule has 0 atom stereocenters. The molecule has 0 fully saturated rings. The Hall–Kier alpha value is -1.69. The fraction of sp³-hybridized carbons (Fsp3) is 0.0667. The predicted molar refractivity (Wildman–Crippen MR) is 89.2 cm³/mol. The largest absolute Gasteiger partial charge is 0.478 e. The minimum Gasteiger partial charge on any atom is -0.478 e. The number of nitrogens with one attached hydrogen (secondary N) is 1. The van der Waals surface area contributed by atoms with E-state index in [2.05, 4.69) is 5.32 Å². The van der Waals surface area contributed by atoms with Gasteiger partial charge in [0.1, 0.15) is 0 Å². The minimum atomic E-state index is -1.09. The van der Waals surface area contributed by atoms with Crippen molar-refractivity contribution in [2.75, 3.05) is 11.1 Å². The van der Waals surface area contributed by atoms with E-state index >= 15 is 0 Å². The van der Waals surface area contributed by atoms with E-state index in [0.717, 1.165) is 4.90 Å². The maximum Gasteiger partial charge on any atom is 0.337 e. The topological polar surface area (TPSA) is 66.4 Å². The Balaban J connectivity index is 1.99. The second kappa shape index (κ2) is 7.54. The van der Waals surface area contributed by atoms with Crippen LogP contribution < -0.4 is 5.32 Å². The van der Waals surface area contributed by atoms with E-state index in [1.807, 2.05) is 0 Å². The lowest BCUT2D eigenvalue weighted by Gasteiger charge is -2.08. The second-order valence-electron chi connectivity index (χ2n) is 4.26. The number of hydrogen-bond acceptors (Lipinski definition) is 3. The Labute approximate surface area is 141 Å². The molecule has 0 unspecified atom stereocenters. The molecule has 4 nitrogen and oxygen atoms in total. The smallest absolute Gasteiger partial charge is 0.337 e. The van der Waals surface area contributed by atoms with Crippen LogP contribution >= 0.6 is 35.0 Å². The Morgan fingerprint density at radius 2 is 1.82 bits per heavy atom. The summed E-state index contributed by atoms with van der Waals surface area (Å²) in [5.41, 5.74) is 0.324. The van der Waals surface area contributed by atoms with Gasteiger partial charge < -0.3 is 10.4 Å². The van der Waals surface area contributed by atoms with Gasteiger partial charge in [0.05, 0.1) is 27.0 Å². The summed E-state index contributed by atoms with van der Waals surface area (Å²) < 4.78 is 0. The average Bonchev–Trinajstić information content (AvgIpc) is 2.49. The third-order valence-corrected chi connectivity index (χ3v) is 4.43. The minimum absolute atomic E-state index is 0.0513. The SMILES string of the molecule is O=C(CSc1ccc(Cl)c(Cl)c1)Nc1ccccc1C(=O)O. The number of carbonyl (C=O) groups excluding carboxylic acids is 1. The summed E-state index contributed by atoms with van der Waals surface area (Å²) in [5.74, 6) is -1.26. The Kier molecular flexibility index (Phi) is 5.71. The number of benzene rings is 2. The highest BCUT2D eigenvalue weighted by Crippen LogP contribution is 2.28. The van der Waals surface area contributed by atoms with Crippen molar-refractivity contribution in [3.8, 4) is 0 Å². The molecule has 0 spiro atoms. The van der Waals surface area contributed by atoms with Crippen LogP contribution in [0.1, 0.15) is 10.4 Å². The maximum absolute atomic E-state index is 11.9. The number of amides is 1. The van der Waals surface area contributed by atoms with Gasteiger partial charge in [-0.05, 0) is 30.3 Å². The number of para-hydroxylation sites is 1. The van der Waals surface area contributed by atoms with Crippen molar-refractivity contribution in [2.24, 2.45) is 0 Å². The Morgan fingerprint density at radius 1 is 1.09 bits per heavy atom. The molecule has 0 aliphatic heterocycles. The van der Waals surface area contributed by atoms with Crippen LogP contribution in [0.4, 0.5) is 5.69 Å². The van der Waals surface area contributed by atoms with Crippen LogP contribution in [-0.2, 0) is 4.79 Å². The van der Waals surface area contributed by atoms with Crippen LogP contribution in [0.3, 0.4) is 0 Å². The number of rotatable bonds is 5. The fourth-order valence-electron chi connectivity index (χ4n) is 1.68. The van der Waals surface area contributed by atoms with Gasteiger partial charge >= 0.3 is 5.97 Å². The molecule has 2 rings (SSSR count). The molecule has 0 radical (unpaired) electrons. The number of thioether (sulfide) groups is 1. The monoisotopic (exact) mass is 355 g/mol. The summed E-state index contributed by atoms with van der Waals surface area (Å²) in [6.07, 6.45) is 0. The van der Waals surface area contributed by atoms with E-state index < -0.39 is 5.97 Å². The quantitative estimate of drug-likeness (QED) is 0.779. The second-order valence-corrected chi connectivity index (χ2v) is 6.13. The number of hydrogen-bond donors (Lipinski definition) is 2. The molecule has 0 bridgehead atoms. The van der Waals surface area contributed by atoms with Crippen LogP contribution in [0.25, 0.3) is 0 Å². The molecule has 2 N–H and O–H groups in total. The van der Waals surface area contributed by atoms with Gasteiger partial charge in [-0.1, -0.05) is 35.3 Å². The van der Waals surface area contributed by atoms with Gasteiger partial charge in [-0.3, -0.25) is 4.79 Å². The molecule has 0 aliphatic rings. The lowest BCUT2D eigenvalue weighted by atomic mass is 10.2. The molecule has 0 saturated heterocycles. The number of aromatic carboxylic acids is 1. The molecule has 0 saturated carbocycles. The van der Waals surface area contributed by atoms with Gasteiger partial charge in [-0.15, -0.1) is 11.8 Å². The molecule has 114 valence electrons. The van der Waals surface area contributed by atoms with Crippen molar-refractivity contribution in [1.82, 2.24) is 0 Å². The van der Waals surface area contributed by atoms with Crippen LogP contribution in [0.5, 0.6) is 0 Å². The molecule has 1 amide bonds. The third kappa shape index (κ3) is 4.40. The van der Waals surface area contributed by atoms with Gasteiger partial charge in [-0.2, -0.15) is 0 Å². The van der Waals surface area contributed by atoms with Gasteiger partial charge in [0.25, 0.3) is 0 Å². The molecular formula is C15H11Cl2NO3S. The standard InChI is InChI=1S/C15H11Cl2NO3S/c16-11-6-5-9(7-12(11)17)22-8-14(19)18-13-4-2-1-3-10(13)15(20)21/h1-7H,8H2,(H,18,19)(H,20,21). The van der Waals surface area contributed by atoms with E-state index in [4.69, 9.17) is 28.3 Å². The number of anilines is 1. The molecule has 22 heavy (non-hydrogen) atoms.